The van der Waals surface area contributed by atoms with E-state index < -0.39 is 0 Å². The first-order chi connectivity index (χ1) is 30.2. The van der Waals surface area contributed by atoms with Crippen LogP contribution < -0.4 is 0 Å². The normalized spacial score (nSPS) is 30.2. The maximum atomic E-state index is 6.52. The van der Waals surface area contributed by atoms with Crippen molar-refractivity contribution in [3.8, 4) is 0 Å². The van der Waals surface area contributed by atoms with Crippen molar-refractivity contribution in [2.45, 2.75) is 221 Å². The van der Waals surface area contributed by atoms with Crippen LogP contribution in [0.1, 0.15) is 208 Å². The summed E-state index contributed by atoms with van der Waals surface area (Å²) in [6.07, 6.45) is 46.9. The van der Waals surface area contributed by atoms with Gasteiger partial charge in [0, 0.05) is 13.2 Å². The summed E-state index contributed by atoms with van der Waals surface area (Å²) in [6.45, 7) is 22.5. The third-order valence-electron chi connectivity index (χ3n) is 17.1. The topological polar surface area (TPSA) is 40.2 Å². The number of fused-ring (bicyclic) bond motifs is 5. The van der Waals surface area contributed by atoms with E-state index in [1.807, 2.05) is 0 Å². The molecule has 358 valence electrons. The Kier molecular flexibility index (Phi) is 24.3. The van der Waals surface area contributed by atoms with Gasteiger partial charge in [-0.25, -0.2) is 0 Å². The van der Waals surface area contributed by atoms with Gasteiger partial charge in [-0.05, 0) is 162 Å². The number of ether oxygens (including phenoxy) is 4. The van der Waals surface area contributed by atoms with Crippen molar-refractivity contribution in [3.63, 3.8) is 0 Å². The summed E-state index contributed by atoms with van der Waals surface area (Å²) in [4.78, 5) is 2.58. The second-order valence-corrected chi connectivity index (χ2v) is 22.2. The number of hydrogen-bond donors (Lipinski definition) is 0. The summed E-state index contributed by atoms with van der Waals surface area (Å²) in [5.41, 5.74) is 2.68. The van der Waals surface area contributed by atoms with Crippen LogP contribution in [0.3, 0.4) is 0 Å². The summed E-state index contributed by atoms with van der Waals surface area (Å²) in [7, 11) is 0. The average molecular weight is 864 g/mol. The van der Waals surface area contributed by atoms with Crippen LogP contribution in [-0.2, 0) is 18.9 Å². The number of rotatable bonds is 32. The number of allylic oxidation sites excluding steroid dienone is 5. The molecule has 62 heavy (non-hydrogen) atoms. The Morgan fingerprint density at radius 2 is 1.45 bits per heavy atom. The van der Waals surface area contributed by atoms with Crippen molar-refractivity contribution in [2.75, 3.05) is 59.3 Å². The summed E-state index contributed by atoms with van der Waals surface area (Å²) in [6, 6.07) is 0. The highest BCUT2D eigenvalue weighted by Crippen LogP contribution is 2.67. The number of hydrogen-bond acceptors (Lipinski definition) is 5. The number of piperidine rings is 1. The van der Waals surface area contributed by atoms with Gasteiger partial charge in [-0.2, -0.15) is 0 Å². The van der Waals surface area contributed by atoms with Crippen molar-refractivity contribution in [1.29, 1.82) is 0 Å². The molecule has 0 radical (unpaired) electrons. The summed E-state index contributed by atoms with van der Waals surface area (Å²) in [5, 5.41) is 0. The standard InChI is InChI=1S/C57H101NO4/c1-7-8-9-10-11-12-13-14-15-16-17-18-19-20-21-25-39-60-46-51(45-58-37-23-22-24-38-58)62-43-41-59-40-42-61-50-33-35-56(5)49(44-50)29-30-52-54-32-31-53(48(4)28-26-27-47(2)3)57(54,6)36-34-55(52)56/h11-12,14-15,29,47-48,50-55H,7-10,13,16-28,30-46H2,1-6H3/t48-,50+,51-,52?,53-,54?,55?,56+,57-/m1/s1. The monoisotopic (exact) mass is 864 g/mol. The molecule has 0 N–H and O–H groups in total. The van der Waals surface area contributed by atoms with Crippen LogP contribution in [0.4, 0.5) is 0 Å². The van der Waals surface area contributed by atoms with E-state index in [-0.39, 0.29) is 6.10 Å². The van der Waals surface area contributed by atoms with E-state index in [9.17, 15) is 0 Å². The van der Waals surface area contributed by atoms with Crippen LogP contribution in [0.2, 0.25) is 0 Å². The van der Waals surface area contributed by atoms with E-state index in [0.29, 0.717) is 50.0 Å². The minimum absolute atomic E-state index is 0.119. The molecule has 4 aliphatic carbocycles. The molecule has 9 atom stereocenters. The van der Waals surface area contributed by atoms with Crippen molar-refractivity contribution in [2.24, 2.45) is 46.3 Å². The zero-order chi connectivity index (χ0) is 43.9. The molecule has 3 unspecified atom stereocenters. The fraction of sp³-hybridized carbons (Fsp3) is 0.895. The van der Waals surface area contributed by atoms with Crippen molar-refractivity contribution in [1.82, 2.24) is 4.90 Å². The molecule has 5 heteroatoms. The minimum atomic E-state index is 0.119. The van der Waals surface area contributed by atoms with E-state index in [1.165, 1.54) is 161 Å². The van der Waals surface area contributed by atoms with Crippen LogP contribution in [0.15, 0.2) is 36.0 Å². The molecule has 0 aromatic heterocycles. The first kappa shape index (κ1) is 52.0. The van der Waals surface area contributed by atoms with Crippen molar-refractivity contribution >= 4 is 0 Å². The predicted molar refractivity (Wildman–Crippen MR) is 264 cm³/mol. The molecule has 0 aromatic rings. The Labute approximate surface area is 384 Å². The molecule has 1 heterocycles. The average Bonchev–Trinajstić information content (AvgIpc) is 3.63. The van der Waals surface area contributed by atoms with Gasteiger partial charge in [-0.15, -0.1) is 0 Å². The number of nitrogens with zero attached hydrogens (tertiary/aromatic N) is 1. The van der Waals surface area contributed by atoms with E-state index in [4.69, 9.17) is 18.9 Å². The van der Waals surface area contributed by atoms with Gasteiger partial charge in [0.25, 0.3) is 0 Å². The highest BCUT2D eigenvalue weighted by atomic mass is 16.6. The second-order valence-electron chi connectivity index (χ2n) is 22.2. The molecule has 5 nitrogen and oxygen atoms in total. The molecular formula is C57H101NO4. The van der Waals surface area contributed by atoms with Crippen LogP contribution >= 0.6 is 0 Å². The molecule has 0 bridgehead atoms. The van der Waals surface area contributed by atoms with Crippen molar-refractivity contribution < 1.29 is 18.9 Å². The van der Waals surface area contributed by atoms with E-state index >= 15 is 0 Å². The Hall–Kier alpha value is -0.980. The van der Waals surface area contributed by atoms with Crippen LogP contribution in [0.25, 0.3) is 0 Å². The lowest BCUT2D eigenvalue weighted by atomic mass is 9.47. The van der Waals surface area contributed by atoms with Gasteiger partial charge in [0.1, 0.15) is 0 Å². The molecule has 0 aromatic carbocycles. The van der Waals surface area contributed by atoms with Crippen molar-refractivity contribution in [3.05, 3.63) is 36.0 Å². The Balaban J connectivity index is 0.912. The maximum Gasteiger partial charge on any atom is 0.0936 e. The van der Waals surface area contributed by atoms with Gasteiger partial charge in [0.05, 0.1) is 45.2 Å². The smallest absolute Gasteiger partial charge is 0.0936 e. The second kappa shape index (κ2) is 28.9. The van der Waals surface area contributed by atoms with Gasteiger partial charge in [-0.1, -0.05) is 142 Å². The summed E-state index contributed by atoms with van der Waals surface area (Å²) >= 11 is 0. The van der Waals surface area contributed by atoms with Gasteiger partial charge < -0.3 is 23.8 Å². The molecule has 1 aliphatic heterocycles. The third kappa shape index (κ3) is 16.7. The Bertz CT molecular complexity index is 1270. The lowest BCUT2D eigenvalue weighted by molar-refractivity contribution is -0.0737. The minimum Gasteiger partial charge on any atom is -0.379 e. The van der Waals surface area contributed by atoms with Crippen LogP contribution in [0.5, 0.6) is 0 Å². The fourth-order valence-electron chi connectivity index (χ4n) is 13.4. The molecule has 5 aliphatic rings. The predicted octanol–water partition coefficient (Wildman–Crippen LogP) is 15.1. The largest absolute Gasteiger partial charge is 0.379 e. The number of likely N-dealkylation sites (tertiary alicyclic amines) is 1. The van der Waals surface area contributed by atoms with E-state index in [2.05, 4.69) is 76.8 Å². The SMILES string of the molecule is CCCCCC=CCC=CCCCCCCCCOC[C@@H](CN1CCCCC1)OCCOCCO[C@H]1CC[C@@]2(C)C(=CCC3C2CC[C@@]2(C)C3CC[C@@H]2[C@H](C)CCCC(C)C)C1. The molecule has 1 saturated heterocycles. The summed E-state index contributed by atoms with van der Waals surface area (Å²) < 4.78 is 25.2. The molecule has 3 saturated carbocycles. The lowest BCUT2D eigenvalue weighted by Crippen LogP contribution is -2.51. The number of unbranched alkanes of at least 4 members (excludes halogenated alkanes) is 9. The van der Waals surface area contributed by atoms with Crippen LogP contribution in [-0.4, -0.2) is 76.4 Å². The Morgan fingerprint density at radius 3 is 2.23 bits per heavy atom. The van der Waals surface area contributed by atoms with Gasteiger partial charge in [-0.3, -0.25) is 0 Å². The van der Waals surface area contributed by atoms with Crippen LogP contribution in [0, 0.1) is 46.3 Å². The zero-order valence-electron chi connectivity index (χ0n) is 41.8. The van der Waals surface area contributed by atoms with E-state index in [0.717, 1.165) is 67.9 Å². The molecule has 0 amide bonds. The Morgan fingerprint density at radius 1 is 0.710 bits per heavy atom. The highest BCUT2D eigenvalue weighted by Gasteiger charge is 2.59. The quantitative estimate of drug-likeness (QED) is 0.0498. The fourth-order valence-corrected chi connectivity index (χ4v) is 13.4. The first-order valence-corrected chi connectivity index (χ1v) is 27.3. The zero-order valence-corrected chi connectivity index (χ0v) is 41.8. The molecule has 0 spiro atoms. The van der Waals surface area contributed by atoms with E-state index in [1.54, 1.807) is 5.57 Å². The van der Waals surface area contributed by atoms with Gasteiger partial charge >= 0.3 is 0 Å². The lowest BCUT2D eigenvalue weighted by Gasteiger charge is -2.58. The van der Waals surface area contributed by atoms with Gasteiger partial charge in [0.2, 0.25) is 0 Å². The molecule has 5 rings (SSSR count). The first-order valence-electron chi connectivity index (χ1n) is 27.3. The maximum absolute atomic E-state index is 6.52. The van der Waals surface area contributed by atoms with Gasteiger partial charge in [0.15, 0.2) is 0 Å². The molecular weight excluding hydrogens is 763 g/mol. The third-order valence-corrected chi connectivity index (χ3v) is 17.1. The highest BCUT2D eigenvalue weighted by molar-refractivity contribution is 5.25. The molecule has 4 fully saturated rings. The summed E-state index contributed by atoms with van der Waals surface area (Å²) in [5.74, 6) is 5.37.